The lowest BCUT2D eigenvalue weighted by Gasteiger charge is -2.17. The molecule has 0 saturated heterocycles. The monoisotopic (exact) mass is 317 g/mol. The van der Waals surface area contributed by atoms with Gasteiger partial charge in [0.05, 0.1) is 12.5 Å². The second-order valence-electron chi connectivity index (χ2n) is 4.91. The quantitative estimate of drug-likeness (QED) is 0.857. The van der Waals surface area contributed by atoms with Crippen LogP contribution in [-0.4, -0.2) is 17.2 Å². The van der Waals surface area contributed by atoms with E-state index in [1.165, 1.54) is 18.2 Å². The Bertz CT molecular complexity index is 675. The molecule has 2 N–H and O–H groups in total. The Balaban J connectivity index is 1.99. The molecule has 2 aromatic carbocycles. The Hall–Kier alpha value is -2.89. The van der Waals surface area contributed by atoms with Gasteiger partial charge in [0.25, 0.3) is 0 Å². The van der Waals surface area contributed by atoms with Crippen LogP contribution in [0.1, 0.15) is 23.6 Å². The molecule has 2 aromatic rings. The molecule has 0 heterocycles. The van der Waals surface area contributed by atoms with Crippen molar-refractivity contribution in [3.8, 4) is 0 Å². The van der Waals surface area contributed by atoms with Crippen LogP contribution in [0, 0.1) is 5.82 Å². The lowest BCUT2D eigenvalue weighted by molar-refractivity contribution is -0.137. The van der Waals surface area contributed by atoms with E-state index in [4.69, 9.17) is 9.84 Å². The minimum Gasteiger partial charge on any atom is -0.481 e. The van der Waals surface area contributed by atoms with E-state index in [0.717, 1.165) is 5.56 Å². The number of carboxylic acids is 1. The van der Waals surface area contributed by atoms with E-state index >= 15 is 0 Å². The first kappa shape index (κ1) is 16.5. The molecular formula is C17H16FNO4. The maximum atomic E-state index is 13.3. The van der Waals surface area contributed by atoms with Crippen molar-refractivity contribution in [1.29, 1.82) is 0 Å². The zero-order valence-corrected chi connectivity index (χ0v) is 12.2. The van der Waals surface area contributed by atoms with Gasteiger partial charge in [0, 0.05) is 0 Å². The average molecular weight is 317 g/mol. The molecule has 0 aliphatic carbocycles. The van der Waals surface area contributed by atoms with Crippen molar-refractivity contribution in [3.05, 3.63) is 71.5 Å². The maximum absolute atomic E-state index is 13.3. The number of nitrogens with one attached hydrogen (secondary N) is 1. The van der Waals surface area contributed by atoms with Gasteiger partial charge >= 0.3 is 12.1 Å². The number of hydrogen-bond acceptors (Lipinski definition) is 3. The van der Waals surface area contributed by atoms with Crippen LogP contribution in [0.15, 0.2) is 54.6 Å². The summed E-state index contributed by atoms with van der Waals surface area (Å²) in [5, 5.41) is 11.4. The molecule has 0 aliphatic heterocycles. The highest BCUT2D eigenvalue weighted by Gasteiger charge is 2.19. The normalized spacial score (nSPS) is 11.5. The van der Waals surface area contributed by atoms with Gasteiger partial charge < -0.3 is 15.2 Å². The fraction of sp³-hybridized carbons (Fsp3) is 0.176. The molecule has 6 heteroatoms. The van der Waals surface area contributed by atoms with E-state index in [-0.39, 0.29) is 13.0 Å². The third-order valence-corrected chi connectivity index (χ3v) is 3.13. The SMILES string of the molecule is O=C(O)C[C@H](NC(=O)OCc1ccccc1)c1cccc(F)c1. The van der Waals surface area contributed by atoms with Gasteiger partial charge in [-0.05, 0) is 23.3 Å². The predicted octanol–water partition coefficient (Wildman–Crippen LogP) is 3.27. The standard InChI is InChI=1S/C17H16FNO4/c18-14-8-4-7-13(9-14)15(10-16(20)21)19-17(22)23-11-12-5-2-1-3-6-12/h1-9,15H,10-11H2,(H,19,22)(H,20,21)/t15-/m0/s1. The summed E-state index contributed by atoms with van der Waals surface area (Å²) in [6.07, 6.45) is -1.13. The Morgan fingerprint density at radius 1 is 1.13 bits per heavy atom. The number of halogens is 1. The highest BCUT2D eigenvalue weighted by Crippen LogP contribution is 2.18. The number of amides is 1. The smallest absolute Gasteiger partial charge is 0.407 e. The van der Waals surface area contributed by atoms with Crippen LogP contribution in [0.5, 0.6) is 0 Å². The van der Waals surface area contributed by atoms with Crippen LogP contribution in [0.3, 0.4) is 0 Å². The van der Waals surface area contributed by atoms with Crippen LogP contribution >= 0.6 is 0 Å². The van der Waals surface area contributed by atoms with Crippen molar-refractivity contribution in [3.63, 3.8) is 0 Å². The molecule has 0 saturated carbocycles. The first-order valence-corrected chi connectivity index (χ1v) is 6.99. The fourth-order valence-electron chi connectivity index (χ4n) is 2.06. The van der Waals surface area contributed by atoms with Crippen molar-refractivity contribution in [2.24, 2.45) is 0 Å². The van der Waals surface area contributed by atoms with Gasteiger partial charge in [-0.15, -0.1) is 0 Å². The van der Waals surface area contributed by atoms with E-state index in [0.29, 0.717) is 5.56 Å². The minimum absolute atomic E-state index is 0.0651. The van der Waals surface area contributed by atoms with Gasteiger partial charge in [-0.1, -0.05) is 42.5 Å². The first-order chi connectivity index (χ1) is 11.0. The number of rotatable bonds is 6. The molecule has 0 aromatic heterocycles. The summed E-state index contributed by atoms with van der Waals surface area (Å²) >= 11 is 0. The molecule has 0 fully saturated rings. The second-order valence-corrected chi connectivity index (χ2v) is 4.91. The third-order valence-electron chi connectivity index (χ3n) is 3.13. The van der Waals surface area contributed by atoms with Gasteiger partial charge in [0.1, 0.15) is 12.4 Å². The molecule has 0 radical (unpaired) electrons. The fourth-order valence-corrected chi connectivity index (χ4v) is 2.06. The average Bonchev–Trinajstić information content (AvgIpc) is 2.53. The minimum atomic E-state index is -1.11. The zero-order valence-electron chi connectivity index (χ0n) is 12.2. The molecule has 0 aliphatic rings. The summed E-state index contributed by atoms with van der Waals surface area (Å²) in [4.78, 5) is 22.8. The van der Waals surface area contributed by atoms with Crippen LogP contribution in [0.2, 0.25) is 0 Å². The number of benzene rings is 2. The van der Waals surface area contributed by atoms with E-state index in [9.17, 15) is 14.0 Å². The number of ether oxygens (including phenoxy) is 1. The number of alkyl carbamates (subject to hydrolysis) is 1. The van der Waals surface area contributed by atoms with Crippen LogP contribution in [0.25, 0.3) is 0 Å². The molecule has 5 nitrogen and oxygen atoms in total. The number of carbonyl (C=O) groups is 2. The van der Waals surface area contributed by atoms with Gasteiger partial charge in [-0.2, -0.15) is 0 Å². The Kier molecular flexibility index (Phi) is 5.68. The number of hydrogen-bond donors (Lipinski definition) is 2. The summed E-state index contributed by atoms with van der Waals surface area (Å²) < 4.78 is 18.3. The summed E-state index contributed by atoms with van der Waals surface area (Å²) in [6.45, 7) is 0.0651. The predicted molar refractivity (Wildman–Crippen MR) is 81.2 cm³/mol. The number of carbonyl (C=O) groups excluding carboxylic acids is 1. The zero-order chi connectivity index (χ0) is 16.7. The number of aliphatic carboxylic acids is 1. The van der Waals surface area contributed by atoms with Crippen molar-refractivity contribution in [2.75, 3.05) is 0 Å². The molecule has 2 rings (SSSR count). The topological polar surface area (TPSA) is 75.6 Å². The van der Waals surface area contributed by atoms with Crippen molar-refractivity contribution in [2.45, 2.75) is 19.1 Å². The van der Waals surface area contributed by atoms with Gasteiger partial charge in [-0.25, -0.2) is 9.18 Å². The maximum Gasteiger partial charge on any atom is 0.407 e. The largest absolute Gasteiger partial charge is 0.481 e. The lowest BCUT2D eigenvalue weighted by Crippen LogP contribution is -2.30. The molecule has 1 amide bonds. The first-order valence-electron chi connectivity index (χ1n) is 6.99. The van der Waals surface area contributed by atoms with Crippen LogP contribution < -0.4 is 5.32 Å². The van der Waals surface area contributed by atoms with Crippen LogP contribution in [0.4, 0.5) is 9.18 Å². The molecule has 120 valence electrons. The highest BCUT2D eigenvalue weighted by molar-refractivity contribution is 5.72. The van der Waals surface area contributed by atoms with Gasteiger partial charge in [0.2, 0.25) is 0 Å². The molecule has 0 bridgehead atoms. The van der Waals surface area contributed by atoms with Crippen LogP contribution in [-0.2, 0) is 16.1 Å². The molecule has 0 spiro atoms. The summed E-state index contributed by atoms with van der Waals surface area (Å²) in [5.74, 6) is -1.61. The Morgan fingerprint density at radius 3 is 2.52 bits per heavy atom. The Morgan fingerprint density at radius 2 is 1.87 bits per heavy atom. The molecule has 1 atom stereocenters. The van der Waals surface area contributed by atoms with Gasteiger partial charge in [-0.3, -0.25) is 4.79 Å². The summed E-state index contributed by atoms with van der Waals surface area (Å²) in [6, 6.07) is 13.6. The molecule has 0 unspecified atom stereocenters. The number of carboxylic acid groups (broad SMARTS) is 1. The second kappa shape index (κ2) is 7.93. The molecular weight excluding hydrogens is 301 g/mol. The summed E-state index contributed by atoms with van der Waals surface area (Å²) in [7, 11) is 0. The van der Waals surface area contributed by atoms with Crippen molar-refractivity contribution in [1.82, 2.24) is 5.32 Å². The molecule has 23 heavy (non-hydrogen) atoms. The van der Waals surface area contributed by atoms with E-state index in [2.05, 4.69) is 5.32 Å². The highest BCUT2D eigenvalue weighted by atomic mass is 19.1. The van der Waals surface area contributed by atoms with E-state index in [1.807, 2.05) is 18.2 Å². The van der Waals surface area contributed by atoms with Crippen molar-refractivity contribution < 1.29 is 23.8 Å². The summed E-state index contributed by atoms with van der Waals surface area (Å²) in [5.41, 5.74) is 1.17. The van der Waals surface area contributed by atoms with E-state index in [1.54, 1.807) is 18.2 Å². The third kappa shape index (κ3) is 5.43. The Labute approximate surface area is 132 Å². The van der Waals surface area contributed by atoms with Crippen molar-refractivity contribution >= 4 is 12.1 Å². The van der Waals surface area contributed by atoms with Gasteiger partial charge in [0.15, 0.2) is 0 Å². The lowest BCUT2D eigenvalue weighted by atomic mass is 10.0. The van der Waals surface area contributed by atoms with E-state index < -0.39 is 23.9 Å².